The molecule has 0 fully saturated rings. The fraction of sp³-hybridized carbons (Fsp3) is 0.400. The van der Waals surface area contributed by atoms with Crippen LogP contribution in [0.2, 0.25) is 0 Å². The third kappa shape index (κ3) is 5.04. The van der Waals surface area contributed by atoms with E-state index in [2.05, 4.69) is 5.32 Å². The Morgan fingerprint density at radius 1 is 1.33 bits per heavy atom. The van der Waals surface area contributed by atoms with Gasteiger partial charge in [-0.25, -0.2) is 4.79 Å². The summed E-state index contributed by atoms with van der Waals surface area (Å²) in [7, 11) is 0. The second-order valence-corrected chi connectivity index (χ2v) is 4.95. The van der Waals surface area contributed by atoms with Gasteiger partial charge in [0.15, 0.2) is 0 Å². The zero-order chi connectivity index (χ0) is 14.5. The Labute approximate surface area is 129 Å². The van der Waals surface area contributed by atoms with E-state index in [9.17, 15) is 9.90 Å². The normalized spacial score (nSPS) is 12.2. The van der Waals surface area contributed by atoms with Gasteiger partial charge in [0.05, 0.1) is 11.5 Å². The van der Waals surface area contributed by atoms with Gasteiger partial charge in [-0.2, -0.15) is 0 Å². The number of hydrogen-bond donors (Lipinski definition) is 2. The van der Waals surface area contributed by atoms with Crippen molar-refractivity contribution in [2.45, 2.75) is 26.0 Å². The third-order valence-electron chi connectivity index (χ3n) is 2.80. The van der Waals surface area contributed by atoms with Crippen molar-refractivity contribution in [1.29, 1.82) is 0 Å². The van der Waals surface area contributed by atoms with Crippen molar-refractivity contribution < 1.29 is 14.3 Å². The molecule has 21 heavy (non-hydrogen) atoms. The first-order valence-electron chi connectivity index (χ1n) is 6.63. The maximum atomic E-state index is 11.4. The van der Waals surface area contributed by atoms with E-state index < -0.39 is 11.7 Å². The van der Waals surface area contributed by atoms with E-state index in [-0.39, 0.29) is 19.0 Å². The van der Waals surface area contributed by atoms with Gasteiger partial charge < -0.3 is 19.6 Å². The number of aliphatic hydroxyl groups excluding tert-OH is 1. The topological polar surface area (TPSA) is 71.7 Å². The molecule has 1 aromatic carbocycles. The van der Waals surface area contributed by atoms with Crippen LogP contribution in [0, 0.1) is 0 Å². The van der Waals surface area contributed by atoms with Crippen LogP contribution in [-0.2, 0) is 0 Å². The summed E-state index contributed by atoms with van der Waals surface area (Å²) < 4.78 is 10.6. The first kappa shape index (κ1) is 17.5. The van der Waals surface area contributed by atoms with Gasteiger partial charge in [0.25, 0.3) is 0 Å². The summed E-state index contributed by atoms with van der Waals surface area (Å²) in [5, 5.41) is 13.7. The van der Waals surface area contributed by atoms with Gasteiger partial charge in [-0.05, 0) is 12.1 Å². The van der Waals surface area contributed by atoms with Crippen LogP contribution in [0.3, 0.4) is 0 Å². The van der Waals surface area contributed by atoms with Gasteiger partial charge in [0.1, 0.15) is 24.0 Å². The van der Waals surface area contributed by atoms with Crippen LogP contribution in [0.15, 0.2) is 39.5 Å². The lowest BCUT2D eigenvalue weighted by Crippen LogP contribution is -2.35. The van der Waals surface area contributed by atoms with Crippen LogP contribution in [0.4, 0.5) is 0 Å². The predicted molar refractivity (Wildman–Crippen MR) is 84.4 cm³/mol. The summed E-state index contributed by atoms with van der Waals surface area (Å²) in [6, 6.07) is 8.74. The fourth-order valence-corrected chi connectivity index (χ4v) is 1.82. The minimum Gasteiger partial charge on any atom is -0.490 e. The Morgan fingerprint density at radius 2 is 2.05 bits per heavy atom. The molecule has 116 valence electrons. The van der Waals surface area contributed by atoms with Gasteiger partial charge in [0, 0.05) is 12.6 Å². The second-order valence-electron chi connectivity index (χ2n) is 4.95. The van der Waals surface area contributed by atoms with Crippen LogP contribution in [0.25, 0.3) is 11.0 Å². The van der Waals surface area contributed by atoms with Crippen LogP contribution in [0.1, 0.15) is 13.8 Å². The Kier molecular flexibility index (Phi) is 6.68. The Morgan fingerprint density at radius 3 is 2.76 bits per heavy atom. The van der Waals surface area contributed by atoms with Crippen molar-refractivity contribution in [1.82, 2.24) is 5.32 Å². The number of ether oxygens (including phenoxy) is 1. The first-order valence-corrected chi connectivity index (χ1v) is 6.63. The average Bonchev–Trinajstić information content (AvgIpc) is 2.42. The summed E-state index contributed by atoms with van der Waals surface area (Å²) in [6.07, 6.45) is -0.636. The van der Waals surface area contributed by atoms with E-state index >= 15 is 0 Å². The molecule has 0 aliphatic carbocycles. The molecule has 1 aromatic heterocycles. The summed E-state index contributed by atoms with van der Waals surface area (Å²) in [6.45, 7) is 4.57. The Bertz CT molecular complexity index is 626. The molecule has 0 saturated carbocycles. The van der Waals surface area contributed by atoms with Crippen LogP contribution < -0.4 is 15.7 Å². The molecule has 0 aliphatic rings. The van der Waals surface area contributed by atoms with E-state index in [1.54, 1.807) is 12.1 Å². The van der Waals surface area contributed by atoms with E-state index in [4.69, 9.17) is 9.15 Å². The second kappa shape index (κ2) is 8.02. The fourth-order valence-electron chi connectivity index (χ4n) is 1.82. The molecule has 0 bridgehead atoms. The highest BCUT2D eigenvalue weighted by atomic mass is 35.5. The predicted octanol–water partition coefficient (Wildman–Crippen LogP) is 1.95. The molecular weight excluding hydrogens is 294 g/mol. The Hall–Kier alpha value is -1.56. The van der Waals surface area contributed by atoms with Crippen LogP contribution in [0.5, 0.6) is 5.75 Å². The van der Waals surface area contributed by atoms with Gasteiger partial charge in [0.2, 0.25) is 0 Å². The van der Waals surface area contributed by atoms with Crippen molar-refractivity contribution in [3.63, 3.8) is 0 Å². The molecule has 1 atom stereocenters. The van der Waals surface area contributed by atoms with Crippen molar-refractivity contribution in [2.24, 2.45) is 0 Å². The van der Waals surface area contributed by atoms with E-state index in [1.807, 2.05) is 26.0 Å². The molecule has 6 heteroatoms. The number of para-hydroxylation sites is 1. The minimum absolute atomic E-state index is 0. The molecule has 0 amide bonds. The van der Waals surface area contributed by atoms with E-state index in [1.165, 1.54) is 6.07 Å². The molecule has 2 rings (SSSR count). The molecule has 1 heterocycles. The van der Waals surface area contributed by atoms with Gasteiger partial charge in [-0.3, -0.25) is 0 Å². The third-order valence-corrected chi connectivity index (χ3v) is 2.80. The highest BCUT2D eigenvalue weighted by Crippen LogP contribution is 2.23. The number of rotatable bonds is 6. The lowest BCUT2D eigenvalue weighted by Gasteiger charge is -2.15. The number of halogens is 1. The zero-order valence-electron chi connectivity index (χ0n) is 12.0. The van der Waals surface area contributed by atoms with Gasteiger partial charge >= 0.3 is 5.63 Å². The standard InChI is InChI=1S/C15H19NO4.ClH/c1-10(2)16-8-11(17)9-19-14-7-15(18)20-13-6-4-3-5-12(13)14;/h3-7,10-11,16-17H,8-9H2,1-2H3;1H. The highest BCUT2D eigenvalue weighted by molar-refractivity contribution is 5.85. The molecule has 0 aliphatic heterocycles. The number of fused-ring (bicyclic) bond motifs is 1. The lowest BCUT2D eigenvalue weighted by atomic mass is 10.2. The number of benzene rings is 1. The average molecular weight is 314 g/mol. The maximum Gasteiger partial charge on any atom is 0.339 e. The largest absolute Gasteiger partial charge is 0.490 e. The molecular formula is C15H20ClNO4. The smallest absolute Gasteiger partial charge is 0.339 e. The van der Waals surface area contributed by atoms with Crippen LogP contribution >= 0.6 is 12.4 Å². The minimum atomic E-state index is -0.636. The monoisotopic (exact) mass is 313 g/mol. The summed E-state index contributed by atoms with van der Waals surface area (Å²) in [4.78, 5) is 11.4. The molecule has 2 N–H and O–H groups in total. The molecule has 1 unspecified atom stereocenters. The van der Waals surface area contributed by atoms with Crippen molar-refractivity contribution in [3.05, 3.63) is 40.8 Å². The van der Waals surface area contributed by atoms with E-state index in [0.717, 1.165) is 5.39 Å². The molecule has 2 aromatic rings. The Balaban J connectivity index is 0.00000220. The summed E-state index contributed by atoms with van der Waals surface area (Å²) in [5.41, 5.74) is 0.0123. The van der Waals surface area contributed by atoms with Gasteiger partial charge in [-0.1, -0.05) is 26.0 Å². The van der Waals surface area contributed by atoms with Crippen molar-refractivity contribution in [2.75, 3.05) is 13.2 Å². The molecule has 0 spiro atoms. The maximum absolute atomic E-state index is 11.4. The number of nitrogens with one attached hydrogen (secondary N) is 1. The lowest BCUT2D eigenvalue weighted by molar-refractivity contribution is 0.105. The van der Waals surface area contributed by atoms with Crippen molar-refractivity contribution >= 4 is 23.4 Å². The highest BCUT2D eigenvalue weighted by Gasteiger charge is 2.10. The summed E-state index contributed by atoms with van der Waals surface area (Å²) >= 11 is 0. The quantitative estimate of drug-likeness (QED) is 0.798. The van der Waals surface area contributed by atoms with Crippen LogP contribution in [-0.4, -0.2) is 30.4 Å². The van der Waals surface area contributed by atoms with Crippen molar-refractivity contribution in [3.8, 4) is 5.75 Å². The molecule has 0 saturated heterocycles. The number of aliphatic hydroxyl groups is 1. The first-order chi connectivity index (χ1) is 9.56. The molecule has 5 nitrogen and oxygen atoms in total. The summed E-state index contributed by atoms with van der Waals surface area (Å²) in [5.74, 6) is 0.431. The van der Waals surface area contributed by atoms with E-state index in [0.29, 0.717) is 23.9 Å². The SMILES string of the molecule is CC(C)NCC(O)COc1cc(=O)oc2ccccc12.Cl. The van der Waals surface area contributed by atoms with Gasteiger partial charge in [-0.15, -0.1) is 12.4 Å². The zero-order valence-corrected chi connectivity index (χ0v) is 12.9. The number of hydrogen-bond acceptors (Lipinski definition) is 5. The molecule has 0 radical (unpaired) electrons.